The van der Waals surface area contributed by atoms with Gasteiger partial charge in [-0.25, -0.2) is 4.79 Å². The number of nitrogens with one attached hydrogen (secondary N) is 1. The molecule has 0 saturated carbocycles. The van der Waals surface area contributed by atoms with E-state index in [2.05, 4.69) is 5.32 Å². The van der Waals surface area contributed by atoms with Crippen LogP contribution in [0, 0.1) is 0 Å². The first kappa shape index (κ1) is 23.5. The van der Waals surface area contributed by atoms with E-state index < -0.39 is 42.9 Å². The van der Waals surface area contributed by atoms with Crippen molar-refractivity contribution in [2.45, 2.75) is 25.5 Å². The third-order valence-electron chi connectivity index (χ3n) is 4.86. The monoisotopic (exact) mass is 449 g/mol. The number of carboxylic acids is 1. The summed E-state index contributed by atoms with van der Waals surface area (Å²) in [5, 5.41) is 13.2. The second-order valence-electron chi connectivity index (χ2n) is 7.30. The number of hydrogen-bond acceptors (Lipinski definition) is 6. The van der Waals surface area contributed by atoms with E-state index in [4.69, 9.17) is 14.6 Å². The van der Waals surface area contributed by atoms with Crippen LogP contribution >= 0.6 is 0 Å². The lowest BCUT2D eigenvalue weighted by molar-refractivity contribution is -0.148. The number of amides is 1. The van der Waals surface area contributed by atoms with Crippen molar-refractivity contribution in [2.75, 3.05) is 6.61 Å². The van der Waals surface area contributed by atoms with Gasteiger partial charge < -0.3 is 19.9 Å². The molecule has 0 unspecified atom stereocenters. The van der Waals surface area contributed by atoms with Gasteiger partial charge in [0.1, 0.15) is 12.6 Å². The van der Waals surface area contributed by atoms with Crippen molar-refractivity contribution >= 4 is 34.6 Å². The molecule has 0 aliphatic heterocycles. The third kappa shape index (κ3) is 7.17. The molecular formula is C25H23NO7. The summed E-state index contributed by atoms with van der Waals surface area (Å²) in [6.07, 6.45) is -1.66. The Bertz CT molecular complexity index is 1140. The summed E-state index contributed by atoms with van der Waals surface area (Å²) in [5.74, 6) is -2.68. The highest BCUT2D eigenvalue weighted by Gasteiger charge is 2.25. The van der Waals surface area contributed by atoms with Gasteiger partial charge in [-0.15, -0.1) is 0 Å². The maximum absolute atomic E-state index is 12.4. The van der Waals surface area contributed by atoms with Crippen molar-refractivity contribution in [3.05, 3.63) is 83.9 Å². The van der Waals surface area contributed by atoms with Crippen molar-refractivity contribution in [1.82, 2.24) is 5.32 Å². The number of ketones is 1. The molecule has 8 nitrogen and oxygen atoms in total. The second kappa shape index (κ2) is 11.4. The van der Waals surface area contributed by atoms with Crippen molar-refractivity contribution in [1.29, 1.82) is 0 Å². The van der Waals surface area contributed by atoms with Crippen molar-refractivity contribution < 1.29 is 33.8 Å². The van der Waals surface area contributed by atoms with Gasteiger partial charge in [-0.2, -0.15) is 0 Å². The van der Waals surface area contributed by atoms with E-state index in [9.17, 15) is 19.2 Å². The molecule has 0 aliphatic rings. The average Bonchev–Trinajstić information content (AvgIpc) is 2.81. The van der Waals surface area contributed by atoms with Crippen LogP contribution in [0.2, 0.25) is 0 Å². The second-order valence-corrected chi connectivity index (χ2v) is 7.30. The normalized spacial score (nSPS) is 11.4. The number of carbonyl (C=O) groups is 4. The SMILES string of the molecule is O=C(O)C[C@H](NC(=O)OCc1ccccc1)C(=O)COC(=O)Cc1cccc2ccccc12. The van der Waals surface area contributed by atoms with E-state index in [1.54, 1.807) is 30.3 Å². The van der Waals surface area contributed by atoms with E-state index in [-0.39, 0.29) is 13.0 Å². The van der Waals surface area contributed by atoms with Crippen LogP contribution in [0.4, 0.5) is 4.79 Å². The van der Waals surface area contributed by atoms with Gasteiger partial charge in [-0.3, -0.25) is 14.4 Å². The molecule has 33 heavy (non-hydrogen) atoms. The van der Waals surface area contributed by atoms with E-state index >= 15 is 0 Å². The number of Topliss-reactive ketones (excluding diaryl/α,β-unsaturated/α-hetero) is 1. The maximum Gasteiger partial charge on any atom is 0.408 e. The Morgan fingerprint density at radius 3 is 2.30 bits per heavy atom. The fourth-order valence-corrected chi connectivity index (χ4v) is 3.23. The number of ether oxygens (including phenoxy) is 2. The van der Waals surface area contributed by atoms with Gasteiger partial charge in [0.2, 0.25) is 0 Å². The molecular weight excluding hydrogens is 426 g/mol. The molecule has 0 radical (unpaired) electrons. The zero-order valence-electron chi connectivity index (χ0n) is 17.7. The average molecular weight is 449 g/mol. The fourth-order valence-electron chi connectivity index (χ4n) is 3.23. The van der Waals surface area contributed by atoms with Crippen molar-refractivity contribution in [3.63, 3.8) is 0 Å². The molecule has 0 aromatic heterocycles. The molecule has 0 fully saturated rings. The predicted molar refractivity (Wildman–Crippen MR) is 119 cm³/mol. The molecule has 0 bridgehead atoms. The largest absolute Gasteiger partial charge is 0.481 e. The number of benzene rings is 3. The van der Waals surface area contributed by atoms with Crippen LogP contribution in [-0.4, -0.2) is 41.6 Å². The summed E-state index contributed by atoms with van der Waals surface area (Å²) in [4.78, 5) is 47.9. The number of fused-ring (bicyclic) bond motifs is 1. The lowest BCUT2D eigenvalue weighted by Crippen LogP contribution is -2.44. The Balaban J connectivity index is 1.53. The van der Waals surface area contributed by atoms with Gasteiger partial charge in [0.15, 0.2) is 12.4 Å². The highest BCUT2D eigenvalue weighted by atomic mass is 16.5. The fraction of sp³-hybridized carbons (Fsp3) is 0.200. The Labute approximate surface area is 190 Å². The zero-order valence-corrected chi connectivity index (χ0v) is 17.7. The number of esters is 1. The van der Waals surface area contributed by atoms with Gasteiger partial charge in [0.25, 0.3) is 0 Å². The molecule has 170 valence electrons. The van der Waals surface area contributed by atoms with Gasteiger partial charge in [-0.05, 0) is 21.9 Å². The van der Waals surface area contributed by atoms with Crippen LogP contribution in [-0.2, 0) is 36.9 Å². The highest BCUT2D eigenvalue weighted by molar-refractivity contribution is 5.93. The van der Waals surface area contributed by atoms with Gasteiger partial charge >= 0.3 is 18.0 Å². The number of rotatable bonds is 10. The Hall–Kier alpha value is -4.20. The minimum atomic E-state index is -1.39. The van der Waals surface area contributed by atoms with E-state index in [1.165, 1.54) is 0 Å². The lowest BCUT2D eigenvalue weighted by atomic mass is 10.0. The molecule has 1 atom stereocenters. The standard InChI is InChI=1S/C25H23NO7/c27-22(16-32-24(30)13-19-11-6-10-18-9-4-5-12-20(18)19)21(14-23(28)29)26-25(31)33-15-17-7-2-1-3-8-17/h1-12,21H,13-16H2,(H,26,31)(H,28,29)/t21-/m0/s1. The summed E-state index contributed by atoms with van der Waals surface area (Å²) in [5.41, 5.74) is 1.48. The number of hydrogen-bond donors (Lipinski definition) is 2. The first-order valence-corrected chi connectivity index (χ1v) is 10.3. The van der Waals surface area contributed by atoms with Crippen molar-refractivity contribution in [3.8, 4) is 0 Å². The molecule has 0 heterocycles. The molecule has 0 aliphatic carbocycles. The van der Waals surface area contributed by atoms with Crippen LogP contribution < -0.4 is 5.32 Å². The molecule has 2 N–H and O–H groups in total. The zero-order chi connectivity index (χ0) is 23.6. The molecule has 3 rings (SSSR count). The number of alkyl carbamates (subject to hydrolysis) is 1. The molecule has 3 aromatic carbocycles. The van der Waals surface area contributed by atoms with Crippen LogP contribution in [0.5, 0.6) is 0 Å². The smallest absolute Gasteiger partial charge is 0.408 e. The van der Waals surface area contributed by atoms with Crippen LogP contribution in [0.15, 0.2) is 72.8 Å². The van der Waals surface area contributed by atoms with Gasteiger partial charge in [0, 0.05) is 0 Å². The van der Waals surface area contributed by atoms with Crippen LogP contribution in [0.3, 0.4) is 0 Å². The minimum Gasteiger partial charge on any atom is -0.481 e. The Morgan fingerprint density at radius 1 is 0.848 bits per heavy atom. The van der Waals surface area contributed by atoms with Crippen LogP contribution in [0.1, 0.15) is 17.5 Å². The summed E-state index contributed by atoms with van der Waals surface area (Å²) >= 11 is 0. The maximum atomic E-state index is 12.4. The van der Waals surface area contributed by atoms with Crippen LogP contribution in [0.25, 0.3) is 10.8 Å². The van der Waals surface area contributed by atoms with E-state index in [0.29, 0.717) is 0 Å². The minimum absolute atomic E-state index is 0.0410. The van der Waals surface area contributed by atoms with Gasteiger partial charge in [0.05, 0.1) is 12.8 Å². The number of carboxylic acid groups (broad SMARTS) is 1. The highest BCUT2D eigenvalue weighted by Crippen LogP contribution is 2.19. The summed E-state index contributed by atoms with van der Waals surface area (Å²) in [6, 6.07) is 20.6. The Kier molecular flexibility index (Phi) is 8.13. The van der Waals surface area contributed by atoms with E-state index in [0.717, 1.165) is 21.9 Å². The third-order valence-corrected chi connectivity index (χ3v) is 4.86. The number of carbonyl (C=O) groups excluding carboxylic acids is 3. The summed E-state index contributed by atoms with van der Waals surface area (Å²) < 4.78 is 10.1. The van der Waals surface area contributed by atoms with Gasteiger partial charge in [-0.1, -0.05) is 72.8 Å². The molecule has 3 aromatic rings. The van der Waals surface area contributed by atoms with E-state index in [1.807, 2.05) is 42.5 Å². The number of aliphatic carboxylic acids is 1. The quantitative estimate of drug-likeness (QED) is 0.456. The molecule has 8 heteroatoms. The lowest BCUT2D eigenvalue weighted by Gasteiger charge is -2.16. The Morgan fingerprint density at radius 2 is 1.55 bits per heavy atom. The molecule has 0 spiro atoms. The summed E-state index contributed by atoms with van der Waals surface area (Å²) in [7, 11) is 0. The molecule has 1 amide bonds. The first-order valence-electron chi connectivity index (χ1n) is 10.3. The predicted octanol–water partition coefficient (Wildman–Crippen LogP) is 3.26. The summed E-state index contributed by atoms with van der Waals surface area (Å²) in [6.45, 7) is -0.707. The molecule has 0 saturated heterocycles. The van der Waals surface area contributed by atoms with Crippen molar-refractivity contribution in [2.24, 2.45) is 0 Å². The topological polar surface area (TPSA) is 119 Å². The first-order chi connectivity index (χ1) is 15.9.